The molecule has 4 nitrogen and oxygen atoms in total. The summed E-state index contributed by atoms with van der Waals surface area (Å²) in [5, 5.41) is 5.52. The average molecular weight is 392 g/mol. The van der Waals surface area contributed by atoms with Gasteiger partial charge in [0, 0.05) is 23.9 Å². The van der Waals surface area contributed by atoms with E-state index in [9.17, 15) is 13.6 Å². The maximum absolute atomic E-state index is 13.8. The Labute approximate surface area is 166 Å². The quantitative estimate of drug-likeness (QED) is 0.442. The minimum atomic E-state index is -0.956. The van der Waals surface area contributed by atoms with Gasteiger partial charge in [-0.15, -0.1) is 0 Å². The van der Waals surface area contributed by atoms with Gasteiger partial charge >= 0.3 is 0 Å². The van der Waals surface area contributed by atoms with Crippen LogP contribution in [0.15, 0.2) is 77.6 Å². The zero-order valence-electron chi connectivity index (χ0n) is 15.5. The summed E-state index contributed by atoms with van der Waals surface area (Å²) >= 11 is 0. The summed E-state index contributed by atoms with van der Waals surface area (Å²) in [5.41, 5.74) is 0.615. The van der Waals surface area contributed by atoms with Gasteiger partial charge in [0.1, 0.15) is 5.75 Å². The number of benzene rings is 3. The SMILES string of the molecule is O=c1c2ccccc2c(-c2ccc(F)c(F)c2)nn1CCCOc1ccccc1. The summed E-state index contributed by atoms with van der Waals surface area (Å²) in [6.07, 6.45) is 0.567. The zero-order chi connectivity index (χ0) is 20.2. The Morgan fingerprint density at radius 2 is 1.59 bits per heavy atom. The first-order chi connectivity index (χ1) is 14.1. The lowest BCUT2D eigenvalue weighted by molar-refractivity contribution is 0.297. The molecule has 0 amide bonds. The first-order valence-electron chi connectivity index (χ1n) is 9.26. The lowest BCUT2D eigenvalue weighted by Gasteiger charge is -2.12. The Morgan fingerprint density at radius 3 is 2.34 bits per heavy atom. The average Bonchev–Trinajstić information content (AvgIpc) is 2.75. The van der Waals surface area contributed by atoms with Gasteiger partial charge < -0.3 is 4.74 Å². The number of para-hydroxylation sites is 1. The smallest absolute Gasteiger partial charge is 0.274 e. The molecule has 6 heteroatoms. The van der Waals surface area contributed by atoms with Gasteiger partial charge in [-0.25, -0.2) is 13.5 Å². The van der Waals surface area contributed by atoms with Crippen molar-refractivity contribution < 1.29 is 13.5 Å². The fourth-order valence-corrected chi connectivity index (χ4v) is 3.16. The Hall–Kier alpha value is -3.54. The zero-order valence-corrected chi connectivity index (χ0v) is 15.5. The van der Waals surface area contributed by atoms with Gasteiger partial charge in [-0.2, -0.15) is 5.10 Å². The van der Waals surface area contributed by atoms with Crippen LogP contribution >= 0.6 is 0 Å². The molecule has 29 heavy (non-hydrogen) atoms. The molecule has 1 heterocycles. The molecule has 0 fully saturated rings. The number of ether oxygens (including phenoxy) is 1. The number of aromatic nitrogens is 2. The molecule has 0 aliphatic heterocycles. The summed E-state index contributed by atoms with van der Waals surface area (Å²) in [6.45, 7) is 0.763. The largest absolute Gasteiger partial charge is 0.494 e. The van der Waals surface area contributed by atoms with Crippen LogP contribution in [-0.4, -0.2) is 16.4 Å². The van der Waals surface area contributed by atoms with E-state index in [1.54, 1.807) is 24.3 Å². The third kappa shape index (κ3) is 4.01. The summed E-state index contributed by atoms with van der Waals surface area (Å²) in [4.78, 5) is 12.8. The maximum Gasteiger partial charge on any atom is 0.274 e. The van der Waals surface area contributed by atoms with E-state index in [2.05, 4.69) is 5.10 Å². The molecule has 4 rings (SSSR count). The van der Waals surface area contributed by atoms with Crippen LogP contribution in [0, 0.1) is 11.6 Å². The second kappa shape index (κ2) is 8.22. The number of rotatable bonds is 6. The van der Waals surface area contributed by atoms with Gasteiger partial charge in [-0.1, -0.05) is 36.4 Å². The first kappa shape index (κ1) is 18.8. The van der Waals surface area contributed by atoms with Crippen LogP contribution < -0.4 is 10.3 Å². The molecule has 1 aromatic heterocycles. The van der Waals surface area contributed by atoms with Crippen LogP contribution in [0.5, 0.6) is 5.75 Å². The molecule has 0 radical (unpaired) electrons. The van der Waals surface area contributed by atoms with E-state index in [-0.39, 0.29) is 5.56 Å². The van der Waals surface area contributed by atoms with Gasteiger partial charge in [0.15, 0.2) is 11.6 Å². The molecule has 0 atom stereocenters. The van der Waals surface area contributed by atoms with Gasteiger partial charge in [-0.05, 0) is 36.4 Å². The van der Waals surface area contributed by atoms with Crippen molar-refractivity contribution in [2.45, 2.75) is 13.0 Å². The van der Waals surface area contributed by atoms with Crippen molar-refractivity contribution in [1.82, 2.24) is 9.78 Å². The van der Waals surface area contributed by atoms with E-state index in [1.165, 1.54) is 10.7 Å². The molecule has 0 unspecified atom stereocenters. The fraction of sp³-hybridized carbons (Fsp3) is 0.130. The predicted octanol–water partition coefficient (Wildman–Crippen LogP) is 4.81. The standard InChI is InChI=1S/C23H18F2N2O2/c24-20-12-11-16(15-21(20)25)22-18-9-4-5-10-19(18)23(28)27(26-22)13-6-14-29-17-7-2-1-3-8-17/h1-5,7-12,15H,6,13-14H2. The molecule has 0 spiro atoms. The normalized spacial score (nSPS) is 11.0. The molecule has 3 aromatic carbocycles. The highest BCUT2D eigenvalue weighted by Crippen LogP contribution is 2.26. The second-order valence-corrected chi connectivity index (χ2v) is 6.57. The van der Waals surface area contributed by atoms with Crippen LogP contribution in [0.4, 0.5) is 8.78 Å². The van der Waals surface area contributed by atoms with Gasteiger partial charge in [0.05, 0.1) is 17.7 Å². The Kier molecular flexibility index (Phi) is 5.33. The number of halogens is 2. The lowest BCUT2D eigenvalue weighted by atomic mass is 10.0. The van der Waals surface area contributed by atoms with Crippen LogP contribution in [0.1, 0.15) is 6.42 Å². The first-order valence-corrected chi connectivity index (χ1v) is 9.26. The van der Waals surface area contributed by atoms with Crippen molar-refractivity contribution in [3.05, 3.63) is 94.8 Å². The molecule has 0 aliphatic carbocycles. The summed E-state index contributed by atoms with van der Waals surface area (Å²) < 4.78 is 34.1. The fourth-order valence-electron chi connectivity index (χ4n) is 3.16. The maximum atomic E-state index is 13.8. The predicted molar refractivity (Wildman–Crippen MR) is 108 cm³/mol. The van der Waals surface area contributed by atoms with Crippen molar-refractivity contribution in [3.63, 3.8) is 0 Å². The molecule has 4 aromatic rings. The van der Waals surface area contributed by atoms with E-state index in [1.807, 2.05) is 30.3 Å². The minimum absolute atomic E-state index is 0.230. The Bertz CT molecular complexity index is 1210. The van der Waals surface area contributed by atoms with Crippen molar-refractivity contribution in [2.75, 3.05) is 6.61 Å². The highest BCUT2D eigenvalue weighted by molar-refractivity contribution is 5.93. The number of hydrogen-bond acceptors (Lipinski definition) is 3. The lowest BCUT2D eigenvalue weighted by Crippen LogP contribution is -2.24. The molecular formula is C23H18F2N2O2. The van der Waals surface area contributed by atoms with Crippen molar-refractivity contribution in [1.29, 1.82) is 0 Å². The summed E-state index contributed by atoms with van der Waals surface area (Å²) in [5.74, 6) is -1.12. The highest BCUT2D eigenvalue weighted by Gasteiger charge is 2.14. The topological polar surface area (TPSA) is 44.1 Å². The van der Waals surface area contributed by atoms with Crippen molar-refractivity contribution >= 4 is 10.8 Å². The summed E-state index contributed by atoms with van der Waals surface area (Å²) in [6, 6.07) is 20.0. The van der Waals surface area contributed by atoms with Crippen molar-refractivity contribution in [3.8, 4) is 17.0 Å². The Morgan fingerprint density at radius 1 is 0.862 bits per heavy atom. The van der Waals surface area contributed by atoms with E-state index < -0.39 is 11.6 Å². The minimum Gasteiger partial charge on any atom is -0.494 e. The molecule has 0 saturated carbocycles. The Balaban J connectivity index is 1.64. The van der Waals surface area contributed by atoms with E-state index >= 15 is 0 Å². The number of nitrogens with zero attached hydrogens (tertiary/aromatic N) is 2. The summed E-state index contributed by atoms with van der Waals surface area (Å²) in [7, 11) is 0. The van der Waals surface area contributed by atoms with Crippen LogP contribution in [0.25, 0.3) is 22.0 Å². The van der Waals surface area contributed by atoms with Crippen LogP contribution in [0.3, 0.4) is 0 Å². The third-order valence-electron chi connectivity index (χ3n) is 4.59. The molecule has 0 saturated heterocycles. The second-order valence-electron chi connectivity index (χ2n) is 6.57. The number of fused-ring (bicyclic) bond motifs is 1. The monoisotopic (exact) mass is 392 g/mol. The number of aryl methyl sites for hydroxylation is 1. The van der Waals surface area contributed by atoms with Crippen molar-refractivity contribution in [2.24, 2.45) is 0 Å². The molecule has 0 aliphatic rings. The van der Waals surface area contributed by atoms with Crippen LogP contribution in [0.2, 0.25) is 0 Å². The molecule has 0 N–H and O–H groups in total. The van der Waals surface area contributed by atoms with Gasteiger partial charge in [0.2, 0.25) is 0 Å². The van der Waals surface area contributed by atoms with Crippen LogP contribution in [-0.2, 0) is 6.54 Å². The van der Waals surface area contributed by atoms with E-state index in [0.29, 0.717) is 41.6 Å². The molecule has 146 valence electrons. The number of hydrogen-bond donors (Lipinski definition) is 0. The highest BCUT2D eigenvalue weighted by atomic mass is 19.2. The third-order valence-corrected chi connectivity index (χ3v) is 4.59. The van der Waals surface area contributed by atoms with E-state index in [0.717, 1.165) is 17.9 Å². The molecular weight excluding hydrogens is 374 g/mol. The van der Waals surface area contributed by atoms with Gasteiger partial charge in [-0.3, -0.25) is 4.79 Å². The molecule has 0 bridgehead atoms. The van der Waals surface area contributed by atoms with Gasteiger partial charge in [0.25, 0.3) is 5.56 Å². The van der Waals surface area contributed by atoms with E-state index in [4.69, 9.17) is 4.74 Å².